The fraction of sp³-hybridized carbons (Fsp3) is 0.611. The van der Waals surface area contributed by atoms with Crippen molar-refractivity contribution in [1.29, 1.82) is 0 Å². The SMILES string of the molecule is CCNC(=NCc1ccc(OC)c(OCC)c1)NC(C)CCS(C)(=O)=O. The van der Waals surface area contributed by atoms with Crippen molar-refractivity contribution < 1.29 is 17.9 Å². The molecule has 0 saturated heterocycles. The molecule has 0 saturated carbocycles. The summed E-state index contributed by atoms with van der Waals surface area (Å²) in [6, 6.07) is 5.73. The lowest BCUT2D eigenvalue weighted by Crippen LogP contribution is -2.42. The molecule has 1 aromatic rings. The van der Waals surface area contributed by atoms with E-state index in [9.17, 15) is 8.42 Å². The highest BCUT2D eigenvalue weighted by atomic mass is 32.2. The number of sulfone groups is 1. The molecule has 0 spiro atoms. The quantitative estimate of drug-likeness (QED) is 0.473. The molecule has 1 atom stereocenters. The molecule has 2 N–H and O–H groups in total. The van der Waals surface area contributed by atoms with Gasteiger partial charge in [-0.1, -0.05) is 6.07 Å². The topological polar surface area (TPSA) is 89.0 Å². The second kappa shape index (κ2) is 10.9. The van der Waals surface area contributed by atoms with Gasteiger partial charge in [-0.05, 0) is 44.9 Å². The largest absolute Gasteiger partial charge is 0.493 e. The van der Waals surface area contributed by atoms with Crippen LogP contribution in [0.25, 0.3) is 0 Å². The lowest BCUT2D eigenvalue weighted by atomic mass is 10.2. The minimum absolute atomic E-state index is 0.00243. The van der Waals surface area contributed by atoms with Crippen LogP contribution in [0.4, 0.5) is 0 Å². The van der Waals surface area contributed by atoms with Gasteiger partial charge >= 0.3 is 0 Å². The Kier molecular flexibility index (Phi) is 9.26. The number of hydrogen-bond donors (Lipinski definition) is 2. The molecule has 0 aliphatic rings. The Labute approximate surface area is 157 Å². The van der Waals surface area contributed by atoms with Crippen LogP contribution < -0.4 is 20.1 Å². The van der Waals surface area contributed by atoms with E-state index in [0.717, 1.165) is 12.1 Å². The number of guanidine groups is 1. The molecule has 7 nitrogen and oxygen atoms in total. The number of nitrogens with one attached hydrogen (secondary N) is 2. The van der Waals surface area contributed by atoms with E-state index in [4.69, 9.17) is 9.47 Å². The van der Waals surface area contributed by atoms with E-state index < -0.39 is 9.84 Å². The lowest BCUT2D eigenvalue weighted by molar-refractivity contribution is 0.310. The molecule has 0 amide bonds. The van der Waals surface area contributed by atoms with Gasteiger partial charge in [0.05, 0.1) is 26.0 Å². The van der Waals surface area contributed by atoms with Gasteiger partial charge in [0.25, 0.3) is 0 Å². The Morgan fingerprint density at radius 1 is 1.27 bits per heavy atom. The van der Waals surface area contributed by atoms with Gasteiger partial charge in [-0.2, -0.15) is 0 Å². The first-order valence-corrected chi connectivity index (χ1v) is 10.9. The van der Waals surface area contributed by atoms with E-state index >= 15 is 0 Å². The van der Waals surface area contributed by atoms with Crippen molar-refractivity contribution in [2.45, 2.75) is 39.8 Å². The summed E-state index contributed by atoms with van der Waals surface area (Å²) in [5.74, 6) is 2.19. The molecule has 148 valence electrons. The van der Waals surface area contributed by atoms with Crippen molar-refractivity contribution >= 4 is 15.8 Å². The molecule has 1 rings (SSSR count). The van der Waals surface area contributed by atoms with Crippen molar-refractivity contribution in [3.05, 3.63) is 23.8 Å². The summed E-state index contributed by atoms with van der Waals surface area (Å²) >= 11 is 0. The molecule has 8 heteroatoms. The molecular formula is C18H31N3O4S. The van der Waals surface area contributed by atoms with Crippen LogP contribution in [0.1, 0.15) is 32.8 Å². The van der Waals surface area contributed by atoms with Gasteiger partial charge in [0.15, 0.2) is 17.5 Å². The van der Waals surface area contributed by atoms with E-state index in [1.54, 1.807) is 7.11 Å². The summed E-state index contributed by atoms with van der Waals surface area (Å²) in [7, 11) is -1.35. The summed E-state index contributed by atoms with van der Waals surface area (Å²) in [5.41, 5.74) is 0.996. The van der Waals surface area contributed by atoms with Gasteiger partial charge in [-0.3, -0.25) is 0 Å². The molecule has 0 aliphatic heterocycles. The summed E-state index contributed by atoms with van der Waals surface area (Å²) in [5, 5.41) is 6.42. The van der Waals surface area contributed by atoms with Crippen molar-refractivity contribution in [2.75, 3.05) is 32.3 Å². The molecular weight excluding hydrogens is 354 g/mol. The Hall–Kier alpha value is -1.96. The highest BCUT2D eigenvalue weighted by Gasteiger charge is 2.10. The van der Waals surface area contributed by atoms with Crippen LogP contribution in [-0.2, 0) is 16.4 Å². The number of nitrogens with zero attached hydrogens (tertiary/aromatic N) is 1. The molecule has 0 aromatic heterocycles. The number of hydrogen-bond acceptors (Lipinski definition) is 5. The maximum atomic E-state index is 11.3. The fourth-order valence-corrected chi connectivity index (χ4v) is 3.06. The van der Waals surface area contributed by atoms with Crippen molar-refractivity contribution in [1.82, 2.24) is 10.6 Å². The number of benzene rings is 1. The highest BCUT2D eigenvalue weighted by Crippen LogP contribution is 2.28. The third-order valence-corrected chi connectivity index (χ3v) is 4.57. The van der Waals surface area contributed by atoms with E-state index in [1.807, 2.05) is 39.0 Å². The Balaban J connectivity index is 2.78. The smallest absolute Gasteiger partial charge is 0.191 e. The monoisotopic (exact) mass is 385 g/mol. The zero-order chi connectivity index (χ0) is 19.6. The number of ether oxygens (including phenoxy) is 2. The minimum Gasteiger partial charge on any atom is -0.493 e. The minimum atomic E-state index is -2.97. The molecule has 0 radical (unpaired) electrons. The number of aliphatic imine (C=N–C) groups is 1. The molecule has 0 bridgehead atoms. The maximum absolute atomic E-state index is 11.3. The van der Waals surface area contributed by atoms with E-state index in [-0.39, 0.29) is 11.8 Å². The van der Waals surface area contributed by atoms with Gasteiger partial charge < -0.3 is 20.1 Å². The van der Waals surface area contributed by atoms with E-state index in [2.05, 4.69) is 15.6 Å². The first-order valence-electron chi connectivity index (χ1n) is 8.81. The lowest BCUT2D eigenvalue weighted by Gasteiger charge is -2.17. The summed E-state index contributed by atoms with van der Waals surface area (Å²) < 4.78 is 33.5. The average molecular weight is 386 g/mol. The first-order chi connectivity index (χ1) is 12.3. The Morgan fingerprint density at radius 3 is 2.58 bits per heavy atom. The third-order valence-electron chi connectivity index (χ3n) is 3.60. The molecule has 0 fully saturated rings. The standard InChI is InChI=1S/C18H31N3O4S/c1-6-19-18(21-14(3)10-11-26(5,22)23)20-13-15-8-9-16(24-4)17(12-15)25-7-2/h8-9,12,14H,6-7,10-11,13H2,1-5H3,(H2,19,20,21). The van der Waals surface area contributed by atoms with Crippen LogP contribution in [0.3, 0.4) is 0 Å². The van der Waals surface area contributed by atoms with Gasteiger partial charge in [-0.15, -0.1) is 0 Å². The van der Waals surface area contributed by atoms with E-state index in [0.29, 0.717) is 37.0 Å². The summed E-state index contributed by atoms with van der Waals surface area (Å²) in [4.78, 5) is 4.57. The zero-order valence-corrected chi connectivity index (χ0v) is 17.1. The average Bonchev–Trinajstić information content (AvgIpc) is 2.58. The molecule has 1 unspecified atom stereocenters. The van der Waals surface area contributed by atoms with Crippen LogP contribution >= 0.6 is 0 Å². The Bertz CT molecular complexity index is 690. The predicted octanol–water partition coefficient (Wildman–Crippen LogP) is 1.97. The van der Waals surface area contributed by atoms with Crippen LogP contribution in [0.5, 0.6) is 11.5 Å². The normalized spacial score (nSPS) is 13.2. The zero-order valence-electron chi connectivity index (χ0n) is 16.3. The second-order valence-electron chi connectivity index (χ2n) is 6.08. The molecule has 26 heavy (non-hydrogen) atoms. The van der Waals surface area contributed by atoms with E-state index in [1.165, 1.54) is 6.26 Å². The highest BCUT2D eigenvalue weighted by molar-refractivity contribution is 7.90. The van der Waals surface area contributed by atoms with Crippen LogP contribution in [0, 0.1) is 0 Å². The Morgan fingerprint density at radius 2 is 2.00 bits per heavy atom. The molecule has 1 aromatic carbocycles. The van der Waals surface area contributed by atoms with Crippen molar-refractivity contribution in [3.63, 3.8) is 0 Å². The number of methoxy groups -OCH3 is 1. The summed E-state index contributed by atoms with van der Waals surface area (Å²) in [6.07, 6.45) is 1.78. The van der Waals surface area contributed by atoms with Gasteiger partial charge in [0.1, 0.15) is 9.84 Å². The van der Waals surface area contributed by atoms with Crippen molar-refractivity contribution in [3.8, 4) is 11.5 Å². The van der Waals surface area contributed by atoms with Crippen LogP contribution in [0.2, 0.25) is 0 Å². The maximum Gasteiger partial charge on any atom is 0.191 e. The third kappa shape index (κ3) is 8.42. The predicted molar refractivity (Wildman–Crippen MR) is 106 cm³/mol. The summed E-state index contributed by atoms with van der Waals surface area (Å²) in [6.45, 7) is 7.60. The number of rotatable bonds is 10. The van der Waals surface area contributed by atoms with Gasteiger partial charge in [-0.25, -0.2) is 13.4 Å². The van der Waals surface area contributed by atoms with Crippen LogP contribution in [-0.4, -0.2) is 52.7 Å². The molecule has 0 aliphatic carbocycles. The van der Waals surface area contributed by atoms with Gasteiger partial charge in [0.2, 0.25) is 0 Å². The second-order valence-corrected chi connectivity index (χ2v) is 8.34. The first kappa shape index (κ1) is 22.1. The van der Waals surface area contributed by atoms with Crippen molar-refractivity contribution in [2.24, 2.45) is 4.99 Å². The van der Waals surface area contributed by atoms with Gasteiger partial charge in [0, 0.05) is 18.8 Å². The fourth-order valence-electron chi connectivity index (χ4n) is 2.27. The molecule has 0 heterocycles. The van der Waals surface area contributed by atoms with Crippen LogP contribution in [0.15, 0.2) is 23.2 Å².